The smallest absolute Gasteiger partial charge is 0.259 e. The van der Waals surface area contributed by atoms with Gasteiger partial charge in [-0.1, -0.05) is 46.3 Å². The Kier molecular flexibility index (Phi) is 11.5. The number of Topliss-reactive ketones (excluding diaryl/α,β-unsaturated/α-hetero) is 1. The molecule has 286 valence electrons. The van der Waals surface area contributed by atoms with Gasteiger partial charge in [-0.3, -0.25) is 19.1 Å². The number of carbonyl (C=O) groups is 3. The predicted octanol–water partition coefficient (Wildman–Crippen LogP) is 7.59. The van der Waals surface area contributed by atoms with Crippen LogP contribution in [0.4, 0.5) is 0 Å². The van der Waals surface area contributed by atoms with Crippen LogP contribution in [-0.4, -0.2) is 53.4 Å². The zero-order chi connectivity index (χ0) is 38.1. The van der Waals surface area contributed by atoms with Crippen molar-refractivity contribution in [2.75, 3.05) is 7.11 Å². The third-order valence-electron chi connectivity index (χ3n) is 11.6. The normalized spacial score (nSPS) is 25.3. The zero-order valence-electron chi connectivity index (χ0n) is 31.9. The number of benzene rings is 1. The minimum absolute atomic E-state index is 0.0360. The minimum Gasteiger partial charge on any atom is -0.496 e. The fourth-order valence-corrected chi connectivity index (χ4v) is 9.70. The Morgan fingerprint density at radius 1 is 1.17 bits per heavy atom. The average molecular weight is 763 g/mol. The van der Waals surface area contributed by atoms with Crippen LogP contribution in [0, 0.1) is 17.8 Å². The number of aryl methyl sites for hydroxylation is 2. The average Bonchev–Trinajstić information content (AvgIpc) is 3.99. The molecule has 0 radical (unpaired) electrons. The van der Waals surface area contributed by atoms with Gasteiger partial charge in [-0.05, 0) is 101 Å². The van der Waals surface area contributed by atoms with E-state index in [0.717, 1.165) is 76.3 Å². The molecule has 12 heteroatoms. The van der Waals surface area contributed by atoms with Crippen LogP contribution in [0.1, 0.15) is 122 Å². The number of methoxy groups -OCH3 is 1. The lowest BCUT2D eigenvalue weighted by Gasteiger charge is -2.24. The molecule has 0 bridgehead atoms. The number of aromatic nitrogens is 2. The summed E-state index contributed by atoms with van der Waals surface area (Å²) >= 11 is 1.58. The van der Waals surface area contributed by atoms with Gasteiger partial charge in [-0.25, -0.2) is 18.4 Å². The second-order valence-corrected chi connectivity index (χ2v) is 19.0. The third kappa shape index (κ3) is 8.23. The third-order valence-corrected chi connectivity index (χ3v) is 14.7. The number of nitrogens with zero attached hydrogens (tertiary/aromatic N) is 2. The van der Waals surface area contributed by atoms with E-state index in [0.29, 0.717) is 44.4 Å². The van der Waals surface area contributed by atoms with Gasteiger partial charge in [-0.15, -0.1) is 11.3 Å². The van der Waals surface area contributed by atoms with E-state index in [1.165, 1.54) is 0 Å². The van der Waals surface area contributed by atoms with Crippen molar-refractivity contribution in [2.45, 2.75) is 128 Å². The van der Waals surface area contributed by atoms with E-state index < -0.39 is 32.1 Å². The number of nitrogens with one attached hydrogen (secondary N) is 2. The van der Waals surface area contributed by atoms with Crippen molar-refractivity contribution in [2.24, 2.45) is 17.8 Å². The summed E-state index contributed by atoms with van der Waals surface area (Å²) in [5.41, 5.74) is 3.42. The lowest BCUT2D eigenvalue weighted by molar-refractivity contribution is -0.134. The predicted molar refractivity (Wildman–Crippen MR) is 209 cm³/mol. The summed E-state index contributed by atoms with van der Waals surface area (Å²) in [5, 5.41) is 6.94. The van der Waals surface area contributed by atoms with Gasteiger partial charge >= 0.3 is 0 Å². The molecule has 0 saturated heterocycles. The number of ketones is 1. The molecule has 3 aliphatic rings. The molecule has 3 aromatic rings. The molecule has 4 atom stereocenters. The zero-order valence-corrected chi connectivity index (χ0v) is 33.6. The molecule has 2 fully saturated rings. The summed E-state index contributed by atoms with van der Waals surface area (Å²) in [6.45, 7) is 9.89. The number of hydrogen-bond acceptors (Lipinski definition) is 9. The number of carbonyl (C=O) groups excluding carboxylic acids is 3. The van der Waals surface area contributed by atoms with Crippen molar-refractivity contribution in [3.63, 3.8) is 0 Å². The molecule has 2 aromatic heterocycles. The first-order valence-electron chi connectivity index (χ1n) is 19.3. The first-order valence-corrected chi connectivity index (χ1v) is 21.6. The number of ether oxygens (including phenoxy) is 1. The maximum atomic E-state index is 14.2. The highest BCUT2D eigenvalue weighted by atomic mass is 32.2. The van der Waals surface area contributed by atoms with Gasteiger partial charge in [0.25, 0.3) is 5.91 Å². The summed E-state index contributed by atoms with van der Waals surface area (Å²) < 4.78 is 33.2. The first-order chi connectivity index (χ1) is 25.2. The van der Waals surface area contributed by atoms with Crippen LogP contribution >= 0.6 is 11.3 Å². The van der Waals surface area contributed by atoms with Gasteiger partial charge in [0, 0.05) is 40.5 Å². The largest absolute Gasteiger partial charge is 0.496 e. The summed E-state index contributed by atoms with van der Waals surface area (Å²) in [6.07, 6.45) is 11.1. The molecule has 2 aliphatic carbocycles. The van der Waals surface area contributed by atoms with Gasteiger partial charge in [0.05, 0.1) is 28.8 Å². The molecule has 0 spiro atoms. The van der Waals surface area contributed by atoms with Crippen molar-refractivity contribution in [1.29, 1.82) is 0 Å². The quantitative estimate of drug-likeness (QED) is 0.190. The van der Waals surface area contributed by atoms with E-state index in [4.69, 9.17) is 14.7 Å². The van der Waals surface area contributed by atoms with Crippen molar-refractivity contribution in [3.8, 4) is 16.5 Å². The topological polar surface area (TPSA) is 144 Å². The number of sulfonamides is 1. The Morgan fingerprint density at radius 3 is 2.62 bits per heavy atom. The van der Waals surface area contributed by atoms with E-state index in [9.17, 15) is 22.8 Å². The Hall–Kier alpha value is -3.64. The number of rotatable bonds is 11. The maximum absolute atomic E-state index is 14.2. The summed E-state index contributed by atoms with van der Waals surface area (Å²) in [6, 6.07) is 6.12. The van der Waals surface area contributed by atoms with E-state index in [1.54, 1.807) is 25.4 Å². The fourth-order valence-electron chi connectivity index (χ4n) is 7.45. The Morgan fingerprint density at radius 2 is 1.94 bits per heavy atom. The molecule has 53 heavy (non-hydrogen) atoms. The molecular weight excluding hydrogens is 709 g/mol. The standard InChI is InChI=1S/C41H54N4O6S2/c1-7-30-35(51-6)18-17-31-27(21-32(42-36(30)31)38-43-33(24-52-38)25(2)3)14-12-15-28-22-34(46)26(4)13-10-8-9-11-16-29-23-41(29,44-37(28)47)39(48)45-53(49,50)40(5)19-20-40/h11,16-18,21,24-26,28-29H,7-10,12-15,19-20,22-23H2,1-6H3,(H,44,47)(H,45,48)/b16-11-/t26?,28-,29-,41-/m1/s1. The number of thiazole rings is 1. The monoisotopic (exact) mass is 762 g/mol. The highest BCUT2D eigenvalue weighted by Gasteiger charge is 2.62. The lowest BCUT2D eigenvalue weighted by Crippen LogP contribution is -2.54. The van der Waals surface area contributed by atoms with Crippen molar-refractivity contribution >= 4 is 49.9 Å². The van der Waals surface area contributed by atoms with Crippen LogP contribution in [0.25, 0.3) is 21.6 Å². The van der Waals surface area contributed by atoms with Crippen molar-refractivity contribution < 1.29 is 27.5 Å². The number of hydrogen-bond donors (Lipinski definition) is 2. The Balaban J connectivity index is 1.28. The van der Waals surface area contributed by atoms with E-state index >= 15 is 0 Å². The molecular formula is C41H54N4O6S2. The lowest BCUT2D eigenvalue weighted by atomic mass is 9.87. The summed E-state index contributed by atoms with van der Waals surface area (Å²) in [5.74, 6) is -1.14. The van der Waals surface area contributed by atoms with Gasteiger partial charge in [-0.2, -0.15) is 0 Å². The van der Waals surface area contributed by atoms with Gasteiger partial charge < -0.3 is 10.1 Å². The van der Waals surface area contributed by atoms with Crippen LogP contribution in [0.5, 0.6) is 5.75 Å². The Bertz CT molecular complexity index is 2020. The van der Waals surface area contributed by atoms with Gasteiger partial charge in [0.15, 0.2) is 0 Å². The molecule has 1 aromatic carbocycles. The van der Waals surface area contributed by atoms with Gasteiger partial charge in [0.1, 0.15) is 22.1 Å². The van der Waals surface area contributed by atoms with Crippen molar-refractivity contribution in [3.05, 3.63) is 52.6 Å². The molecule has 3 heterocycles. The summed E-state index contributed by atoms with van der Waals surface area (Å²) in [4.78, 5) is 51.5. The molecule has 2 amide bonds. The molecule has 6 rings (SSSR count). The molecule has 1 unspecified atom stereocenters. The van der Waals surface area contributed by atoms with E-state index in [-0.39, 0.29) is 29.9 Å². The maximum Gasteiger partial charge on any atom is 0.259 e. The molecule has 2 saturated carbocycles. The number of fused-ring (bicyclic) bond motifs is 2. The molecule has 1 aliphatic heterocycles. The first kappa shape index (κ1) is 39.1. The summed E-state index contributed by atoms with van der Waals surface area (Å²) in [7, 11) is -2.23. The number of allylic oxidation sites excluding steroid dienone is 1. The Labute approximate surface area is 318 Å². The number of pyridine rings is 1. The SMILES string of the molecule is CCc1c(OC)ccc2c(CCC[C@@H]3CC(=O)C(C)CCCC/C=C\[C@@H]4C[C@@]4(C(=O)NS(=O)(=O)C4(C)CC4)NC3=O)cc(-c3nc(C(C)C)cs3)nc12. The van der Waals surface area contributed by atoms with Gasteiger partial charge in [0.2, 0.25) is 15.9 Å². The van der Waals surface area contributed by atoms with E-state index in [2.05, 4.69) is 42.3 Å². The fraction of sp³-hybridized carbons (Fsp3) is 0.585. The second kappa shape index (κ2) is 15.6. The van der Waals surface area contributed by atoms with Crippen LogP contribution in [0.15, 0.2) is 35.7 Å². The minimum atomic E-state index is -3.90. The number of amides is 2. The highest BCUT2D eigenvalue weighted by Crippen LogP contribution is 2.47. The van der Waals surface area contributed by atoms with Crippen LogP contribution < -0.4 is 14.8 Å². The van der Waals surface area contributed by atoms with Crippen LogP contribution in [0.3, 0.4) is 0 Å². The van der Waals surface area contributed by atoms with E-state index in [1.807, 2.05) is 31.2 Å². The molecule has 10 nitrogen and oxygen atoms in total. The van der Waals surface area contributed by atoms with Crippen molar-refractivity contribution in [1.82, 2.24) is 20.0 Å². The van der Waals surface area contributed by atoms with Crippen LogP contribution in [0.2, 0.25) is 0 Å². The molecule has 2 N–H and O–H groups in total. The van der Waals surface area contributed by atoms with Crippen LogP contribution in [-0.2, 0) is 37.2 Å². The second-order valence-electron chi connectivity index (χ2n) is 15.9. The highest BCUT2D eigenvalue weighted by molar-refractivity contribution is 7.91.